The third-order valence-electron chi connectivity index (χ3n) is 4.75. The van der Waals surface area contributed by atoms with Crippen molar-refractivity contribution in [2.75, 3.05) is 18.5 Å². The molecule has 2 amide bonds. The standard InChI is InChI=1S/C19H21N7O2/c1-20-16(27)12-15-22-19(26(23-15)17-8-9-21-24(17)2)13-5-3-6-14(11-13)25-10-4-7-18(25)28/h3,5-6,8-9,11H,4,7,10,12H2,1-2H3,(H,20,27). The van der Waals surface area contributed by atoms with Crippen molar-refractivity contribution in [1.82, 2.24) is 29.9 Å². The van der Waals surface area contributed by atoms with Crippen molar-refractivity contribution in [1.29, 1.82) is 0 Å². The molecular formula is C19H21N7O2. The minimum absolute atomic E-state index is 0.0820. The van der Waals surface area contributed by atoms with Gasteiger partial charge in [0.05, 0.1) is 12.6 Å². The topological polar surface area (TPSA) is 97.9 Å². The summed E-state index contributed by atoms with van der Waals surface area (Å²) < 4.78 is 3.37. The van der Waals surface area contributed by atoms with E-state index in [0.29, 0.717) is 18.1 Å². The van der Waals surface area contributed by atoms with Crippen molar-refractivity contribution < 1.29 is 9.59 Å². The van der Waals surface area contributed by atoms with Crippen molar-refractivity contribution in [3.05, 3.63) is 42.4 Å². The summed E-state index contributed by atoms with van der Waals surface area (Å²) in [5.41, 5.74) is 1.65. The van der Waals surface area contributed by atoms with Crippen molar-refractivity contribution in [3.8, 4) is 17.2 Å². The van der Waals surface area contributed by atoms with E-state index in [4.69, 9.17) is 0 Å². The molecule has 0 radical (unpaired) electrons. The number of nitrogens with one attached hydrogen (secondary N) is 1. The van der Waals surface area contributed by atoms with Gasteiger partial charge in [-0.2, -0.15) is 9.78 Å². The minimum Gasteiger partial charge on any atom is -0.359 e. The smallest absolute Gasteiger partial charge is 0.227 e. The molecule has 1 N–H and O–H groups in total. The Morgan fingerprint density at radius 3 is 2.82 bits per heavy atom. The molecule has 1 aliphatic rings. The van der Waals surface area contributed by atoms with Crippen molar-refractivity contribution in [3.63, 3.8) is 0 Å². The molecule has 1 aromatic carbocycles. The van der Waals surface area contributed by atoms with E-state index in [2.05, 4.69) is 20.5 Å². The van der Waals surface area contributed by atoms with E-state index in [-0.39, 0.29) is 18.2 Å². The molecule has 1 fully saturated rings. The maximum Gasteiger partial charge on any atom is 0.227 e. The van der Waals surface area contributed by atoms with Crippen LogP contribution in [0.4, 0.5) is 5.69 Å². The van der Waals surface area contributed by atoms with Crippen LogP contribution in [0.5, 0.6) is 0 Å². The van der Waals surface area contributed by atoms with Gasteiger partial charge in [0.2, 0.25) is 11.8 Å². The second kappa shape index (κ2) is 7.26. The highest BCUT2D eigenvalue weighted by molar-refractivity contribution is 5.95. The number of anilines is 1. The highest BCUT2D eigenvalue weighted by Crippen LogP contribution is 2.28. The summed E-state index contributed by atoms with van der Waals surface area (Å²) in [5, 5.41) is 11.3. The lowest BCUT2D eigenvalue weighted by Crippen LogP contribution is -2.23. The zero-order valence-electron chi connectivity index (χ0n) is 15.8. The van der Waals surface area contributed by atoms with E-state index >= 15 is 0 Å². The fourth-order valence-electron chi connectivity index (χ4n) is 3.32. The Kier molecular flexibility index (Phi) is 4.64. The van der Waals surface area contributed by atoms with Gasteiger partial charge in [0.1, 0.15) is 0 Å². The van der Waals surface area contributed by atoms with Crippen molar-refractivity contribution in [2.45, 2.75) is 19.3 Å². The Hall–Kier alpha value is -3.49. The Morgan fingerprint density at radius 2 is 2.14 bits per heavy atom. The summed E-state index contributed by atoms with van der Waals surface area (Å²) in [7, 11) is 3.40. The molecule has 9 nitrogen and oxygen atoms in total. The summed E-state index contributed by atoms with van der Waals surface area (Å²) in [5.74, 6) is 1.71. The van der Waals surface area contributed by atoms with Gasteiger partial charge in [-0.05, 0) is 18.6 Å². The maximum absolute atomic E-state index is 12.1. The number of aryl methyl sites for hydroxylation is 1. The predicted molar refractivity (Wildman–Crippen MR) is 103 cm³/mol. The van der Waals surface area contributed by atoms with Gasteiger partial charge in [0.25, 0.3) is 0 Å². The van der Waals surface area contributed by atoms with Crippen LogP contribution in [0.3, 0.4) is 0 Å². The molecule has 3 aromatic rings. The summed E-state index contributed by atoms with van der Waals surface area (Å²) in [6.45, 7) is 0.721. The fourth-order valence-corrected chi connectivity index (χ4v) is 3.32. The van der Waals surface area contributed by atoms with Crippen LogP contribution < -0.4 is 10.2 Å². The third kappa shape index (κ3) is 3.26. The fraction of sp³-hybridized carbons (Fsp3) is 0.316. The first kappa shape index (κ1) is 17.9. The number of amides is 2. The van der Waals surface area contributed by atoms with Crippen LogP contribution >= 0.6 is 0 Å². The average Bonchev–Trinajstić information content (AvgIpc) is 3.41. The molecule has 4 rings (SSSR count). The van der Waals surface area contributed by atoms with E-state index < -0.39 is 0 Å². The second-order valence-electron chi connectivity index (χ2n) is 6.63. The molecule has 144 valence electrons. The van der Waals surface area contributed by atoms with Crippen LogP contribution in [0, 0.1) is 0 Å². The van der Waals surface area contributed by atoms with Gasteiger partial charge in [-0.3, -0.25) is 14.3 Å². The zero-order chi connectivity index (χ0) is 19.7. The zero-order valence-corrected chi connectivity index (χ0v) is 15.8. The van der Waals surface area contributed by atoms with Gasteiger partial charge in [0, 0.05) is 44.4 Å². The molecule has 2 aromatic heterocycles. The Morgan fingerprint density at radius 1 is 1.29 bits per heavy atom. The van der Waals surface area contributed by atoms with Crippen LogP contribution in [0.1, 0.15) is 18.7 Å². The van der Waals surface area contributed by atoms with Crippen LogP contribution in [-0.4, -0.2) is 50.0 Å². The van der Waals surface area contributed by atoms with Crippen molar-refractivity contribution >= 4 is 17.5 Å². The first-order chi connectivity index (χ1) is 13.6. The molecule has 28 heavy (non-hydrogen) atoms. The normalized spacial score (nSPS) is 13.9. The summed E-state index contributed by atoms with van der Waals surface area (Å²) in [4.78, 5) is 30.3. The van der Waals surface area contributed by atoms with Gasteiger partial charge >= 0.3 is 0 Å². The third-order valence-corrected chi connectivity index (χ3v) is 4.75. The van der Waals surface area contributed by atoms with Gasteiger partial charge in [-0.1, -0.05) is 12.1 Å². The number of aromatic nitrogens is 5. The molecule has 0 aliphatic carbocycles. The summed E-state index contributed by atoms with van der Waals surface area (Å²) >= 11 is 0. The largest absolute Gasteiger partial charge is 0.359 e. The number of carbonyl (C=O) groups is 2. The quantitative estimate of drug-likeness (QED) is 0.715. The lowest BCUT2D eigenvalue weighted by molar-refractivity contribution is -0.120. The summed E-state index contributed by atoms with van der Waals surface area (Å²) in [6, 6.07) is 9.50. The van der Waals surface area contributed by atoms with Crippen LogP contribution in [0.15, 0.2) is 36.5 Å². The average molecular weight is 379 g/mol. The number of carbonyl (C=O) groups excluding carboxylic acids is 2. The molecule has 0 unspecified atom stereocenters. The van der Waals surface area contributed by atoms with E-state index in [1.54, 1.807) is 27.5 Å². The SMILES string of the molecule is CNC(=O)Cc1nc(-c2cccc(N3CCCC3=O)c2)n(-c2ccnn2C)n1. The minimum atomic E-state index is -0.162. The van der Waals surface area contributed by atoms with Crippen LogP contribution in [-0.2, 0) is 23.1 Å². The van der Waals surface area contributed by atoms with Crippen LogP contribution in [0.2, 0.25) is 0 Å². The highest BCUT2D eigenvalue weighted by atomic mass is 16.2. The number of benzene rings is 1. The van der Waals surface area contributed by atoms with Gasteiger partial charge in [-0.15, -0.1) is 5.10 Å². The molecule has 0 atom stereocenters. The predicted octanol–water partition coefficient (Wildman–Crippen LogP) is 1.08. The number of rotatable bonds is 5. The van der Waals surface area contributed by atoms with E-state index in [1.807, 2.05) is 37.4 Å². The Labute approximate surface area is 162 Å². The van der Waals surface area contributed by atoms with E-state index in [0.717, 1.165) is 30.0 Å². The molecular weight excluding hydrogens is 358 g/mol. The molecule has 0 saturated carbocycles. The number of hydrogen-bond donors (Lipinski definition) is 1. The first-order valence-corrected chi connectivity index (χ1v) is 9.12. The summed E-state index contributed by atoms with van der Waals surface area (Å²) in [6.07, 6.45) is 3.20. The molecule has 9 heteroatoms. The van der Waals surface area contributed by atoms with Gasteiger partial charge < -0.3 is 10.2 Å². The van der Waals surface area contributed by atoms with Gasteiger partial charge in [0.15, 0.2) is 17.5 Å². The number of likely N-dealkylation sites (N-methyl/N-ethyl adjacent to an activating group) is 1. The molecule has 1 aliphatic heterocycles. The first-order valence-electron chi connectivity index (χ1n) is 9.12. The Bertz CT molecular complexity index is 1040. The molecule has 3 heterocycles. The number of hydrogen-bond acceptors (Lipinski definition) is 5. The molecule has 0 spiro atoms. The molecule has 1 saturated heterocycles. The lowest BCUT2D eigenvalue weighted by atomic mass is 10.1. The van der Waals surface area contributed by atoms with Crippen molar-refractivity contribution in [2.24, 2.45) is 7.05 Å². The monoisotopic (exact) mass is 379 g/mol. The van der Waals surface area contributed by atoms with E-state index in [1.165, 1.54) is 0 Å². The van der Waals surface area contributed by atoms with Crippen LogP contribution in [0.25, 0.3) is 17.2 Å². The Balaban J connectivity index is 1.79. The number of nitrogens with zero attached hydrogens (tertiary/aromatic N) is 6. The molecule has 0 bridgehead atoms. The lowest BCUT2D eigenvalue weighted by Gasteiger charge is -2.16. The van der Waals surface area contributed by atoms with Gasteiger partial charge in [-0.25, -0.2) is 4.98 Å². The highest BCUT2D eigenvalue weighted by Gasteiger charge is 2.23. The second-order valence-corrected chi connectivity index (χ2v) is 6.63. The van der Waals surface area contributed by atoms with E-state index in [9.17, 15) is 9.59 Å². The maximum atomic E-state index is 12.1.